The van der Waals surface area contributed by atoms with Crippen molar-refractivity contribution in [2.75, 3.05) is 6.54 Å². The monoisotopic (exact) mass is 228 g/mol. The number of nitrogens with two attached hydrogens (primary N) is 2. The molecule has 1 aliphatic rings. The van der Waals surface area contributed by atoms with Gasteiger partial charge in [-0.1, -0.05) is 52.4 Å². The molecule has 16 heavy (non-hydrogen) atoms. The summed E-state index contributed by atoms with van der Waals surface area (Å²) in [5.74, 6) is 0.782. The lowest BCUT2D eigenvalue weighted by molar-refractivity contribution is 0.441. The standard InChI is InChI=1S/C8H19N.C6H13N/c1-3-5-6-8(4-2)7-9;7-6-4-2-1-3-5-6/h8H,3-7,9H2,1-2H3;6H,1-5,7H2. The Morgan fingerprint density at radius 2 is 1.75 bits per heavy atom. The van der Waals surface area contributed by atoms with Crippen molar-refractivity contribution in [3.05, 3.63) is 0 Å². The van der Waals surface area contributed by atoms with Crippen molar-refractivity contribution in [2.45, 2.75) is 77.7 Å². The summed E-state index contributed by atoms with van der Waals surface area (Å²) in [6.45, 7) is 5.31. The van der Waals surface area contributed by atoms with Crippen LogP contribution in [0.2, 0.25) is 0 Å². The van der Waals surface area contributed by atoms with Gasteiger partial charge < -0.3 is 11.5 Å². The van der Waals surface area contributed by atoms with Crippen molar-refractivity contribution in [1.29, 1.82) is 0 Å². The fourth-order valence-electron chi connectivity index (χ4n) is 2.12. The third-order valence-corrected chi connectivity index (χ3v) is 3.53. The first-order valence-corrected chi connectivity index (χ1v) is 7.20. The molecule has 0 aromatic heterocycles. The molecule has 1 aliphatic carbocycles. The molecule has 2 nitrogen and oxygen atoms in total. The summed E-state index contributed by atoms with van der Waals surface area (Å²) in [5, 5.41) is 0. The smallest absolute Gasteiger partial charge is 0.00388 e. The van der Waals surface area contributed by atoms with E-state index in [4.69, 9.17) is 11.5 Å². The van der Waals surface area contributed by atoms with Crippen LogP contribution >= 0.6 is 0 Å². The predicted octanol–water partition coefficient (Wildman–Crippen LogP) is 3.44. The summed E-state index contributed by atoms with van der Waals surface area (Å²) < 4.78 is 0. The maximum atomic E-state index is 5.63. The molecule has 1 rings (SSSR count). The Bertz CT molecular complexity index is 127. The van der Waals surface area contributed by atoms with Gasteiger partial charge in [0, 0.05) is 6.04 Å². The van der Waals surface area contributed by atoms with Gasteiger partial charge in [-0.3, -0.25) is 0 Å². The van der Waals surface area contributed by atoms with Gasteiger partial charge >= 0.3 is 0 Å². The molecule has 0 heterocycles. The Kier molecular flexibility index (Phi) is 11.3. The first-order chi connectivity index (χ1) is 7.74. The van der Waals surface area contributed by atoms with E-state index in [1.165, 1.54) is 57.8 Å². The van der Waals surface area contributed by atoms with E-state index in [0.29, 0.717) is 6.04 Å². The van der Waals surface area contributed by atoms with E-state index in [2.05, 4.69) is 13.8 Å². The Hall–Kier alpha value is -0.0800. The second-order valence-electron chi connectivity index (χ2n) is 5.05. The van der Waals surface area contributed by atoms with Gasteiger partial charge in [0.15, 0.2) is 0 Å². The van der Waals surface area contributed by atoms with Gasteiger partial charge in [0.2, 0.25) is 0 Å². The van der Waals surface area contributed by atoms with E-state index in [-0.39, 0.29) is 0 Å². The minimum Gasteiger partial charge on any atom is -0.330 e. The Labute approximate surface area is 102 Å². The van der Waals surface area contributed by atoms with Crippen LogP contribution in [0.4, 0.5) is 0 Å². The highest BCUT2D eigenvalue weighted by Crippen LogP contribution is 2.14. The van der Waals surface area contributed by atoms with E-state index in [0.717, 1.165) is 12.5 Å². The van der Waals surface area contributed by atoms with Gasteiger partial charge in [0.1, 0.15) is 0 Å². The zero-order valence-electron chi connectivity index (χ0n) is 11.4. The third kappa shape index (κ3) is 9.17. The fourth-order valence-corrected chi connectivity index (χ4v) is 2.12. The molecule has 1 unspecified atom stereocenters. The van der Waals surface area contributed by atoms with E-state index >= 15 is 0 Å². The van der Waals surface area contributed by atoms with Crippen LogP contribution in [0.1, 0.15) is 71.6 Å². The van der Waals surface area contributed by atoms with Crippen molar-refractivity contribution < 1.29 is 0 Å². The molecule has 0 saturated heterocycles. The van der Waals surface area contributed by atoms with Crippen molar-refractivity contribution in [1.82, 2.24) is 0 Å². The van der Waals surface area contributed by atoms with Crippen LogP contribution in [0.25, 0.3) is 0 Å². The van der Waals surface area contributed by atoms with Gasteiger partial charge in [0.25, 0.3) is 0 Å². The summed E-state index contributed by atoms with van der Waals surface area (Å²) in [6.07, 6.45) is 11.9. The zero-order chi connectivity index (χ0) is 12.2. The minimum absolute atomic E-state index is 0.536. The van der Waals surface area contributed by atoms with Gasteiger partial charge in [-0.25, -0.2) is 0 Å². The van der Waals surface area contributed by atoms with Gasteiger partial charge in [-0.05, 0) is 31.7 Å². The molecule has 0 spiro atoms. The average molecular weight is 228 g/mol. The molecular weight excluding hydrogens is 196 g/mol. The first kappa shape index (κ1) is 15.9. The normalized spacial score (nSPS) is 18.8. The molecule has 1 fully saturated rings. The second kappa shape index (κ2) is 11.4. The van der Waals surface area contributed by atoms with Gasteiger partial charge in [-0.2, -0.15) is 0 Å². The van der Waals surface area contributed by atoms with Crippen LogP contribution in [0, 0.1) is 5.92 Å². The minimum atomic E-state index is 0.536. The zero-order valence-corrected chi connectivity index (χ0v) is 11.4. The van der Waals surface area contributed by atoms with Crippen molar-refractivity contribution >= 4 is 0 Å². The summed E-state index contributed by atoms with van der Waals surface area (Å²) >= 11 is 0. The van der Waals surface area contributed by atoms with Crippen LogP contribution in [0.3, 0.4) is 0 Å². The van der Waals surface area contributed by atoms with Crippen LogP contribution < -0.4 is 11.5 Å². The summed E-state index contributed by atoms with van der Waals surface area (Å²) in [6, 6.07) is 0.536. The van der Waals surface area contributed by atoms with Crippen molar-refractivity contribution in [3.8, 4) is 0 Å². The summed E-state index contributed by atoms with van der Waals surface area (Å²) in [5.41, 5.74) is 11.2. The Morgan fingerprint density at radius 3 is 2.06 bits per heavy atom. The van der Waals surface area contributed by atoms with Crippen LogP contribution in [0.15, 0.2) is 0 Å². The maximum absolute atomic E-state index is 5.63. The molecule has 0 amide bonds. The van der Waals surface area contributed by atoms with Gasteiger partial charge in [-0.15, -0.1) is 0 Å². The third-order valence-electron chi connectivity index (χ3n) is 3.53. The molecule has 0 aliphatic heterocycles. The molecule has 0 bridgehead atoms. The second-order valence-corrected chi connectivity index (χ2v) is 5.05. The lowest BCUT2D eigenvalue weighted by atomic mass is 9.97. The largest absolute Gasteiger partial charge is 0.330 e. The molecule has 1 saturated carbocycles. The lowest BCUT2D eigenvalue weighted by Gasteiger charge is -2.15. The SMILES string of the molecule is CCCCC(CC)CN.NC1CCCCC1. The molecule has 0 aromatic rings. The maximum Gasteiger partial charge on any atom is 0.00388 e. The first-order valence-electron chi connectivity index (χ1n) is 7.20. The number of hydrogen-bond acceptors (Lipinski definition) is 2. The number of unbranched alkanes of at least 4 members (excludes halogenated alkanes) is 1. The molecular formula is C14H32N2. The topological polar surface area (TPSA) is 52.0 Å². The molecule has 0 radical (unpaired) electrons. The summed E-state index contributed by atoms with van der Waals surface area (Å²) in [4.78, 5) is 0. The van der Waals surface area contributed by atoms with Crippen molar-refractivity contribution in [3.63, 3.8) is 0 Å². The Balaban J connectivity index is 0.000000288. The lowest BCUT2D eigenvalue weighted by Crippen LogP contribution is -2.22. The van der Waals surface area contributed by atoms with E-state index in [1.807, 2.05) is 0 Å². The van der Waals surface area contributed by atoms with E-state index in [9.17, 15) is 0 Å². The molecule has 98 valence electrons. The molecule has 0 aromatic carbocycles. The fraction of sp³-hybridized carbons (Fsp3) is 1.00. The number of hydrogen-bond donors (Lipinski definition) is 2. The summed E-state index contributed by atoms with van der Waals surface area (Å²) in [7, 11) is 0. The quantitative estimate of drug-likeness (QED) is 0.757. The van der Waals surface area contributed by atoms with Gasteiger partial charge in [0.05, 0.1) is 0 Å². The van der Waals surface area contributed by atoms with Crippen LogP contribution in [-0.2, 0) is 0 Å². The molecule has 1 atom stereocenters. The van der Waals surface area contributed by atoms with E-state index in [1.54, 1.807) is 0 Å². The van der Waals surface area contributed by atoms with Crippen LogP contribution in [0.5, 0.6) is 0 Å². The van der Waals surface area contributed by atoms with E-state index < -0.39 is 0 Å². The van der Waals surface area contributed by atoms with Crippen molar-refractivity contribution in [2.24, 2.45) is 17.4 Å². The van der Waals surface area contributed by atoms with Crippen LogP contribution in [-0.4, -0.2) is 12.6 Å². The Morgan fingerprint density at radius 1 is 1.12 bits per heavy atom. The predicted molar refractivity (Wildman–Crippen MR) is 73.4 cm³/mol. The number of rotatable bonds is 5. The average Bonchev–Trinajstić information content (AvgIpc) is 2.32. The molecule has 4 N–H and O–H groups in total. The highest BCUT2D eigenvalue weighted by molar-refractivity contribution is 4.66. The highest BCUT2D eigenvalue weighted by atomic mass is 14.6. The highest BCUT2D eigenvalue weighted by Gasteiger charge is 2.06. The molecule has 2 heteroatoms.